The maximum atomic E-state index is 12.4. The van der Waals surface area contributed by atoms with Crippen molar-refractivity contribution >= 4 is 34.3 Å². The number of imide groups is 1. The fraction of sp³-hybridized carbons (Fsp3) is 0.0455. The molecule has 268 valence electrons. The van der Waals surface area contributed by atoms with Gasteiger partial charge in [0.05, 0.1) is 33.8 Å². The highest BCUT2D eigenvalue weighted by Crippen LogP contribution is 2.35. The van der Waals surface area contributed by atoms with Crippen molar-refractivity contribution in [2.45, 2.75) is 13.2 Å². The van der Waals surface area contributed by atoms with Crippen LogP contribution in [0.3, 0.4) is 0 Å². The number of phenolic OH excluding ortho intramolecular Hbond substituents is 2. The van der Waals surface area contributed by atoms with E-state index in [0.29, 0.717) is 56.0 Å². The van der Waals surface area contributed by atoms with Crippen molar-refractivity contribution in [2.24, 2.45) is 0 Å². The third kappa shape index (κ3) is 7.48. The Balaban J connectivity index is 0.890. The molecule has 0 unspecified atom stereocenters. The highest BCUT2D eigenvalue weighted by molar-refractivity contribution is 5.91. The third-order valence-corrected chi connectivity index (χ3v) is 8.84. The normalized spacial score (nSPS) is 11.0. The molecule has 55 heavy (non-hydrogen) atoms. The highest BCUT2D eigenvalue weighted by atomic mass is 16.6. The minimum Gasteiger partial charge on any atom is -0.506 e. The standard InChI is InChI=1S/C44H31N5O6/c50-35-15-7-13-33-41(35)47-39(37(45-33)29-9-3-1-4-10-29)31-21-17-27(18-22-31)25-54-43(52)49-44(53)55-26-28-19-23-32(24-20-28)40-38(30-11-5-2-6-12-30)46-34-14-8-16-36(51)42(34)48-40/h1-24,50-51H,25-26H2,(H,49,52,53). The summed E-state index contributed by atoms with van der Waals surface area (Å²) >= 11 is 0. The van der Waals surface area contributed by atoms with Crippen LogP contribution in [0.5, 0.6) is 11.5 Å². The van der Waals surface area contributed by atoms with E-state index in [-0.39, 0.29) is 24.7 Å². The molecule has 0 saturated heterocycles. The summed E-state index contributed by atoms with van der Waals surface area (Å²) in [4.78, 5) is 44.1. The molecule has 8 aromatic rings. The number of hydrogen-bond acceptors (Lipinski definition) is 10. The Morgan fingerprint density at radius 2 is 0.800 bits per heavy atom. The zero-order valence-electron chi connectivity index (χ0n) is 29.1. The number of nitrogens with zero attached hydrogens (tertiary/aromatic N) is 4. The number of amides is 2. The van der Waals surface area contributed by atoms with E-state index in [1.54, 1.807) is 60.7 Å². The second-order valence-corrected chi connectivity index (χ2v) is 12.5. The van der Waals surface area contributed by atoms with Crippen LogP contribution in [-0.4, -0.2) is 42.3 Å². The first kappa shape index (κ1) is 34.4. The Morgan fingerprint density at radius 3 is 1.20 bits per heavy atom. The number of alkyl carbamates (subject to hydrolysis) is 2. The molecule has 0 radical (unpaired) electrons. The molecule has 8 rings (SSSR count). The lowest BCUT2D eigenvalue weighted by Crippen LogP contribution is -2.31. The number of aromatic hydroxyl groups is 2. The molecule has 2 aromatic heterocycles. The zero-order valence-corrected chi connectivity index (χ0v) is 29.1. The summed E-state index contributed by atoms with van der Waals surface area (Å²) in [5.41, 5.74) is 9.01. The van der Waals surface area contributed by atoms with Crippen LogP contribution < -0.4 is 5.32 Å². The van der Waals surface area contributed by atoms with Crippen molar-refractivity contribution in [3.05, 3.63) is 157 Å². The van der Waals surface area contributed by atoms with E-state index in [2.05, 4.69) is 5.32 Å². The maximum Gasteiger partial charge on any atom is 0.416 e. The highest BCUT2D eigenvalue weighted by Gasteiger charge is 2.17. The number of rotatable bonds is 8. The van der Waals surface area contributed by atoms with Gasteiger partial charge in [0.1, 0.15) is 35.7 Å². The van der Waals surface area contributed by atoms with Crippen molar-refractivity contribution in [3.8, 4) is 56.5 Å². The fourth-order valence-corrected chi connectivity index (χ4v) is 6.09. The molecule has 0 atom stereocenters. The first-order chi connectivity index (χ1) is 26.9. The largest absolute Gasteiger partial charge is 0.506 e. The zero-order chi connectivity index (χ0) is 37.7. The molecule has 0 spiro atoms. The van der Waals surface area contributed by atoms with Gasteiger partial charge in [-0.2, -0.15) is 0 Å². The van der Waals surface area contributed by atoms with Crippen LogP contribution in [0.1, 0.15) is 11.1 Å². The number of para-hydroxylation sites is 2. The Labute approximate surface area is 314 Å². The van der Waals surface area contributed by atoms with Gasteiger partial charge in [0.25, 0.3) is 0 Å². The van der Waals surface area contributed by atoms with Gasteiger partial charge in [-0.05, 0) is 35.4 Å². The van der Waals surface area contributed by atoms with E-state index in [0.717, 1.165) is 22.3 Å². The van der Waals surface area contributed by atoms with Gasteiger partial charge in [-0.15, -0.1) is 0 Å². The second kappa shape index (κ2) is 15.1. The fourth-order valence-electron chi connectivity index (χ4n) is 6.09. The van der Waals surface area contributed by atoms with Crippen LogP contribution in [0.15, 0.2) is 146 Å². The summed E-state index contributed by atoms with van der Waals surface area (Å²) in [7, 11) is 0. The minimum absolute atomic E-state index is 0.0332. The number of benzene rings is 6. The molecule has 0 saturated carbocycles. The lowest BCUT2D eigenvalue weighted by molar-refractivity contribution is 0.117. The molecule has 3 N–H and O–H groups in total. The molecule has 11 nitrogen and oxygen atoms in total. The van der Waals surface area contributed by atoms with Crippen molar-refractivity contribution in [2.75, 3.05) is 0 Å². The number of aromatic nitrogens is 4. The Hall–Kier alpha value is -7.66. The smallest absolute Gasteiger partial charge is 0.416 e. The Morgan fingerprint density at radius 1 is 0.436 bits per heavy atom. The van der Waals surface area contributed by atoms with Gasteiger partial charge >= 0.3 is 12.2 Å². The van der Waals surface area contributed by atoms with Gasteiger partial charge in [0.2, 0.25) is 0 Å². The van der Waals surface area contributed by atoms with E-state index >= 15 is 0 Å². The quantitative estimate of drug-likeness (QED) is 0.138. The number of nitrogens with one attached hydrogen (secondary N) is 1. The lowest BCUT2D eigenvalue weighted by Gasteiger charge is -2.12. The molecular formula is C44H31N5O6. The predicted molar refractivity (Wildman–Crippen MR) is 208 cm³/mol. The van der Waals surface area contributed by atoms with Gasteiger partial charge < -0.3 is 19.7 Å². The summed E-state index contributed by atoms with van der Waals surface area (Å²) in [5, 5.41) is 23.0. The van der Waals surface area contributed by atoms with E-state index in [9.17, 15) is 19.8 Å². The number of carbonyl (C=O) groups excluding carboxylic acids is 2. The molecule has 2 amide bonds. The van der Waals surface area contributed by atoms with Crippen molar-refractivity contribution in [1.29, 1.82) is 0 Å². The molecule has 0 bridgehead atoms. The van der Waals surface area contributed by atoms with Gasteiger partial charge in [-0.3, -0.25) is 0 Å². The lowest BCUT2D eigenvalue weighted by atomic mass is 10.0. The Bertz CT molecular complexity index is 2490. The van der Waals surface area contributed by atoms with Crippen LogP contribution in [-0.2, 0) is 22.7 Å². The molecule has 0 fully saturated rings. The second-order valence-electron chi connectivity index (χ2n) is 12.5. The van der Waals surface area contributed by atoms with Gasteiger partial charge in [-0.1, -0.05) is 121 Å². The molecule has 2 heterocycles. The van der Waals surface area contributed by atoms with E-state index in [1.165, 1.54) is 0 Å². The number of fused-ring (bicyclic) bond motifs is 2. The van der Waals surface area contributed by atoms with E-state index in [4.69, 9.17) is 29.4 Å². The van der Waals surface area contributed by atoms with Crippen molar-refractivity contribution in [3.63, 3.8) is 0 Å². The minimum atomic E-state index is -0.960. The average Bonchev–Trinajstić information content (AvgIpc) is 3.23. The molecule has 6 aromatic carbocycles. The average molecular weight is 726 g/mol. The maximum absolute atomic E-state index is 12.4. The number of hydrogen-bond donors (Lipinski definition) is 3. The van der Waals surface area contributed by atoms with Crippen molar-refractivity contribution in [1.82, 2.24) is 25.3 Å². The molecule has 0 aliphatic rings. The van der Waals surface area contributed by atoms with E-state index in [1.807, 2.05) is 84.9 Å². The van der Waals surface area contributed by atoms with Gasteiger partial charge in [-0.25, -0.2) is 34.8 Å². The Kier molecular flexibility index (Phi) is 9.47. The predicted octanol–water partition coefficient (Wildman–Crippen LogP) is 9.22. The third-order valence-electron chi connectivity index (χ3n) is 8.84. The van der Waals surface area contributed by atoms with Crippen LogP contribution in [0.4, 0.5) is 9.59 Å². The summed E-state index contributed by atoms with van der Waals surface area (Å²) < 4.78 is 10.5. The molecule has 0 aliphatic heterocycles. The molecule has 11 heteroatoms. The van der Waals surface area contributed by atoms with Crippen LogP contribution in [0.2, 0.25) is 0 Å². The monoisotopic (exact) mass is 725 g/mol. The number of carbonyl (C=O) groups is 2. The topological polar surface area (TPSA) is 157 Å². The van der Waals surface area contributed by atoms with Crippen LogP contribution in [0.25, 0.3) is 67.1 Å². The summed E-state index contributed by atoms with van der Waals surface area (Å²) in [6.45, 7) is -0.200. The molecule has 0 aliphatic carbocycles. The van der Waals surface area contributed by atoms with Crippen LogP contribution in [0, 0.1) is 0 Å². The SMILES string of the molecule is O=C(NC(=O)OCc1ccc(-c2nc3c(O)cccc3nc2-c2ccccc2)cc1)OCc1ccc(-c2nc3c(O)cccc3nc2-c2ccccc2)cc1. The van der Waals surface area contributed by atoms with Gasteiger partial charge in [0.15, 0.2) is 0 Å². The number of phenols is 2. The first-order valence-corrected chi connectivity index (χ1v) is 17.3. The summed E-state index contributed by atoms with van der Waals surface area (Å²) in [6.07, 6.45) is -1.92. The summed E-state index contributed by atoms with van der Waals surface area (Å²) in [5.74, 6) is 0.0663. The summed E-state index contributed by atoms with van der Waals surface area (Å²) in [6, 6.07) is 44.0. The molecular weight excluding hydrogens is 695 g/mol. The number of ether oxygens (including phenoxy) is 2. The van der Waals surface area contributed by atoms with E-state index < -0.39 is 12.2 Å². The first-order valence-electron chi connectivity index (χ1n) is 17.3. The van der Waals surface area contributed by atoms with Gasteiger partial charge in [0, 0.05) is 22.3 Å². The van der Waals surface area contributed by atoms with Crippen LogP contribution >= 0.6 is 0 Å². The van der Waals surface area contributed by atoms with Crippen molar-refractivity contribution < 1.29 is 29.3 Å².